The van der Waals surface area contributed by atoms with Gasteiger partial charge in [0.1, 0.15) is 0 Å². The number of hydrogen-bond donors (Lipinski definition) is 1. The second kappa shape index (κ2) is 7.88. The van der Waals surface area contributed by atoms with Crippen LogP contribution >= 0.6 is 11.8 Å². The quantitative estimate of drug-likeness (QED) is 0.855. The number of carbonyl (C=O) groups excluding carboxylic acids is 1. The highest BCUT2D eigenvalue weighted by atomic mass is 32.2. The molecule has 0 aliphatic heterocycles. The molecule has 1 amide bonds. The monoisotopic (exact) mass is 303 g/mol. The van der Waals surface area contributed by atoms with E-state index in [0.717, 1.165) is 5.75 Å². The van der Waals surface area contributed by atoms with Crippen LogP contribution in [0.1, 0.15) is 19.4 Å². The van der Waals surface area contributed by atoms with Crippen LogP contribution in [0.2, 0.25) is 0 Å². The number of carbonyl (C=O) groups is 1. The van der Waals surface area contributed by atoms with E-state index >= 15 is 0 Å². The smallest absolute Gasteiger partial charge is 0.233 e. The van der Waals surface area contributed by atoms with Gasteiger partial charge in [-0.3, -0.25) is 9.48 Å². The number of aromatic nitrogens is 2. The van der Waals surface area contributed by atoms with Gasteiger partial charge < -0.3 is 5.32 Å². The normalized spacial score (nSPS) is 13.6. The van der Waals surface area contributed by atoms with Crippen molar-refractivity contribution in [1.82, 2.24) is 15.1 Å². The lowest BCUT2D eigenvalue weighted by molar-refractivity contribution is -0.121. The Balaban J connectivity index is 1.74. The number of thioether (sulfide) groups is 1. The molecule has 0 saturated carbocycles. The molecule has 0 fully saturated rings. The van der Waals surface area contributed by atoms with Crippen LogP contribution in [0.15, 0.2) is 48.8 Å². The molecule has 112 valence electrons. The lowest BCUT2D eigenvalue weighted by Crippen LogP contribution is -2.40. The maximum absolute atomic E-state index is 12.1. The Hall–Kier alpha value is -1.75. The third kappa shape index (κ3) is 5.27. The SMILES string of the molecule is C[C@H](Cn1cccn1)NC(=O)[C@H](C)SCc1ccccc1. The first-order valence-corrected chi connectivity index (χ1v) is 8.13. The van der Waals surface area contributed by atoms with Gasteiger partial charge in [-0.25, -0.2) is 0 Å². The second-order valence-electron chi connectivity index (χ2n) is 5.08. The van der Waals surface area contributed by atoms with Crippen LogP contribution in [0, 0.1) is 0 Å². The maximum Gasteiger partial charge on any atom is 0.233 e. The fraction of sp³-hybridized carbons (Fsp3) is 0.375. The molecule has 0 saturated heterocycles. The molecule has 2 atom stereocenters. The summed E-state index contributed by atoms with van der Waals surface area (Å²) in [5, 5.41) is 7.11. The largest absolute Gasteiger partial charge is 0.351 e. The summed E-state index contributed by atoms with van der Waals surface area (Å²) in [6.45, 7) is 4.63. The Morgan fingerprint density at radius 1 is 1.29 bits per heavy atom. The van der Waals surface area contributed by atoms with E-state index in [2.05, 4.69) is 22.5 Å². The molecule has 1 aromatic heterocycles. The summed E-state index contributed by atoms with van der Waals surface area (Å²) < 4.78 is 1.83. The minimum absolute atomic E-state index is 0.0646. The standard InChI is InChI=1S/C16H21N3OS/c1-13(11-19-10-6-9-17-19)18-16(20)14(2)21-12-15-7-4-3-5-8-15/h3-10,13-14H,11-12H2,1-2H3,(H,18,20)/t13-,14+/m1/s1. The summed E-state index contributed by atoms with van der Waals surface area (Å²) >= 11 is 1.65. The molecule has 0 spiro atoms. The number of amides is 1. The number of nitrogens with zero attached hydrogens (tertiary/aromatic N) is 2. The van der Waals surface area contributed by atoms with E-state index < -0.39 is 0 Å². The lowest BCUT2D eigenvalue weighted by atomic mass is 10.2. The molecule has 4 nitrogen and oxygen atoms in total. The fourth-order valence-corrected chi connectivity index (χ4v) is 2.82. The van der Waals surface area contributed by atoms with Crippen molar-refractivity contribution in [2.24, 2.45) is 0 Å². The van der Waals surface area contributed by atoms with Crippen molar-refractivity contribution in [3.63, 3.8) is 0 Å². The zero-order chi connectivity index (χ0) is 15.1. The second-order valence-corrected chi connectivity index (χ2v) is 6.41. The van der Waals surface area contributed by atoms with E-state index in [0.29, 0.717) is 6.54 Å². The zero-order valence-corrected chi connectivity index (χ0v) is 13.2. The van der Waals surface area contributed by atoms with Crippen LogP contribution in [-0.4, -0.2) is 27.0 Å². The van der Waals surface area contributed by atoms with Gasteiger partial charge in [0.2, 0.25) is 5.91 Å². The summed E-state index contributed by atoms with van der Waals surface area (Å²) in [7, 11) is 0. The van der Waals surface area contributed by atoms with E-state index in [1.54, 1.807) is 18.0 Å². The maximum atomic E-state index is 12.1. The average Bonchev–Trinajstić information content (AvgIpc) is 2.98. The van der Waals surface area contributed by atoms with Crippen LogP contribution in [-0.2, 0) is 17.1 Å². The molecular weight excluding hydrogens is 282 g/mol. The summed E-state index contributed by atoms with van der Waals surface area (Å²) in [6.07, 6.45) is 3.64. The summed E-state index contributed by atoms with van der Waals surface area (Å²) in [5.74, 6) is 0.929. The Labute approximate surface area is 129 Å². The predicted octanol–water partition coefficient (Wildman–Crippen LogP) is 2.71. The molecule has 0 unspecified atom stereocenters. The molecule has 0 aliphatic rings. The van der Waals surface area contributed by atoms with Gasteiger partial charge in [0.05, 0.1) is 11.8 Å². The summed E-state index contributed by atoms with van der Waals surface area (Å²) in [5.41, 5.74) is 1.24. The van der Waals surface area contributed by atoms with Gasteiger partial charge in [-0.1, -0.05) is 30.3 Å². The van der Waals surface area contributed by atoms with Crippen molar-refractivity contribution < 1.29 is 4.79 Å². The minimum Gasteiger partial charge on any atom is -0.351 e. The first-order valence-electron chi connectivity index (χ1n) is 7.08. The summed E-state index contributed by atoms with van der Waals surface area (Å²) in [6, 6.07) is 12.2. The van der Waals surface area contributed by atoms with Crippen LogP contribution in [0.4, 0.5) is 0 Å². The lowest BCUT2D eigenvalue weighted by Gasteiger charge is -2.17. The first-order chi connectivity index (χ1) is 10.1. The van der Waals surface area contributed by atoms with Crippen molar-refractivity contribution in [2.75, 3.05) is 0 Å². The van der Waals surface area contributed by atoms with Gasteiger partial charge in [0.15, 0.2) is 0 Å². The highest BCUT2D eigenvalue weighted by molar-refractivity contribution is 7.99. The number of benzene rings is 1. The molecule has 0 radical (unpaired) electrons. The predicted molar refractivity (Wildman–Crippen MR) is 87.0 cm³/mol. The zero-order valence-electron chi connectivity index (χ0n) is 12.4. The Kier molecular flexibility index (Phi) is 5.87. The molecule has 1 N–H and O–H groups in total. The highest BCUT2D eigenvalue weighted by Gasteiger charge is 2.16. The topological polar surface area (TPSA) is 46.9 Å². The highest BCUT2D eigenvalue weighted by Crippen LogP contribution is 2.17. The van der Waals surface area contributed by atoms with Crippen molar-refractivity contribution in [1.29, 1.82) is 0 Å². The minimum atomic E-state index is -0.0646. The molecule has 1 heterocycles. The van der Waals surface area contributed by atoms with Gasteiger partial charge in [-0.15, -0.1) is 11.8 Å². The van der Waals surface area contributed by atoms with E-state index in [-0.39, 0.29) is 17.2 Å². The number of nitrogens with one attached hydrogen (secondary N) is 1. The van der Waals surface area contributed by atoms with Gasteiger partial charge in [0, 0.05) is 24.2 Å². The fourth-order valence-electron chi connectivity index (χ4n) is 1.97. The number of rotatable bonds is 7. The Bertz CT molecular complexity index is 542. The molecule has 5 heteroatoms. The third-order valence-corrected chi connectivity index (χ3v) is 4.33. The number of hydrogen-bond acceptors (Lipinski definition) is 3. The van der Waals surface area contributed by atoms with Gasteiger partial charge in [-0.2, -0.15) is 5.10 Å². The van der Waals surface area contributed by atoms with E-state index in [1.165, 1.54) is 5.56 Å². The molecule has 0 aliphatic carbocycles. The molecule has 2 aromatic rings. The van der Waals surface area contributed by atoms with Crippen molar-refractivity contribution in [2.45, 2.75) is 37.4 Å². The molecule has 1 aromatic carbocycles. The first kappa shape index (κ1) is 15.6. The van der Waals surface area contributed by atoms with Gasteiger partial charge in [-0.05, 0) is 25.5 Å². The van der Waals surface area contributed by atoms with Crippen LogP contribution in [0.3, 0.4) is 0 Å². The van der Waals surface area contributed by atoms with Crippen LogP contribution in [0.5, 0.6) is 0 Å². The summed E-state index contributed by atoms with van der Waals surface area (Å²) in [4.78, 5) is 12.1. The van der Waals surface area contributed by atoms with Crippen LogP contribution in [0.25, 0.3) is 0 Å². The average molecular weight is 303 g/mol. The van der Waals surface area contributed by atoms with E-state index in [1.807, 2.05) is 49.0 Å². The van der Waals surface area contributed by atoms with Crippen molar-refractivity contribution in [3.05, 3.63) is 54.4 Å². The van der Waals surface area contributed by atoms with Crippen molar-refractivity contribution in [3.8, 4) is 0 Å². The molecule has 0 bridgehead atoms. The molecule has 2 rings (SSSR count). The van der Waals surface area contributed by atoms with Gasteiger partial charge in [0.25, 0.3) is 0 Å². The van der Waals surface area contributed by atoms with Crippen molar-refractivity contribution >= 4 is 17.7 Å². The van der Waals surface area contributed by atoms with Gasteiger partial charge >= 0.3 is 0 Å². The Morgan fingerprint density at radius 2 is 2.05 bits per heavy atom. The Morgan fingerprint density at radius 3 is 2.71 bits per heavy atom. The van der Waals surface area contributed by atoms with E-state index in [9.17, 15) is 4.79 Å². The molecule has 21 heavy (non-hydrogen) atoms. The molecular formula is C16H21N3OS. The van der Waals surface area contributed by atoms with Crippen LogP contribution < -0.4 is 5.32 Å². The van der Waals surface area contributed by atoms with E-state index in [4.69, 9.17) is 0 Å². The third-order valence-electron chi connectivity index (χ3n) is 3.12.